The fourth-order valence-electron chi connectivity index (χ4n) is 4.64. The molecule has 3 rings (SSSR count). The van der Waals surface area contributed by atoms with Crippen LogP contribution in [-0.2, 0) is 4.74 Å². The minimum Gasteiger partial charge on any atom is -0.363 e. The molecule has 0 N–H and O–H groups in total. The number of fused-ring (bicyclic) bond motifs is 2. The second-order valence-electron chi connectivity index (χ2n) is 6.83. The molecular formula is C16H29NO. The summed E-state index contributed by atoms with van der Waals surface area (Å²) < 4.78 is 6.27. The second-order valence-corrected chi connectivity index (χ2v) is 6.83. The smallest absolute Gasteiger partial charge is 0.0996 e. The number of piperidine rings is 1. The van der Waals surface area contributed by atoms with Crippen LogP contribution in [0.1, 0.15) is 58.8 Å². The lowest BCUT2D eigenvalue weighted by molar-refractivity contribution is -0.0526. The monoisotopic (exact) mass is 251 g/mol. The highest BCUT2D eigenvalue weighted by Crippen LogP contribution is 2.41. The Balaban J connectivity index is 1.73. The summed E-state index contributed by atoms with van der Waals surface area (Å²) in [5.41, 5.74) is 0. The molecule has 104 valence electrons. The van der Waals surface area contributed by atoms with Crippen molar-refractivity contribution in [1.29, 1.82) is 0 Å². The molecule has 0 aromatic carbocycles. The number of rotatable bonds is 1. The van der Waals surface area contributed by atoms with Gasteiger partial charge in [-0.05, 0) is 43.4 Å². The summed E-state index contributed by atoms with van der Waals surface area (Å²) >= 11 is 0. The molecule has 0 unspecified atom stereocenters. The summed E-state index contributed by atoms with van der Waals surface area (Å²) in [4.78, 5) is 2.67. The van der Waals surface area contributed by atoms with Gasteiger partial charge in [0, 0.05) is 12.6 Å². The summed E-state index contributed by atoms with van der Waals surface area (Å²) in [6.07, 6.45) is 10.3. The Labute approximate surface area is 112 Å². The molecule has 0 aromatic heterocycles. The highest BCUT2D eigenvalue weighted by molar-refractivity contribution is 4.92. The molecule has 1 aliphatic carbocycles. The standard InChI is InChI=1S/C16H29NO/c1-3-13-8-9-15-12(2)14-6-4-5-7-16(14)18-11-17(15)10-13/h12-16H,3-11H2,1-2H3/t12-,13-,14-,15-,16+/m1/s1. The quantitative estimate of drug-likeness (QED) is 0.705. The Bertz CT molecular complexity index is 280. The lowest BCUT2D eigenvalue weighted by Crippen LogP contribution is -2.47. The van der Waals surface area contributed by atoms with Crippen LogP contribution in [0.4, 0.5) is 0 Å². The highest BCUT2D eigenvalue weighted by atomic mass is 16.5. The Morgan fingerprint density at radius 3 is 2.78 bits per heavy atom. The lowest BCUT2D eigenvalue weighted by Gasteiger charge is -2.42. The third kappa shape index (κ3) is 2.34. The van der Waals surface area contributed by atoms with Gasteiger partial charge in [-0.3, -0.25) is 4.90 Å². The average Bonchev–Trinajstić information content (AvgIpc) is 2.57. The highest BCUT2D eigenvalue weighted by Gasteiger charge is 2.41. The number of ether oxygens (including phenoxy) is 1. The first kappa shape index (κ1) is 12.9. The van der Waals surface area contributed by atoms with E-state index in [9.17, 15) is 0 Å². The maximum absolute atomic E-state index is 6.27. The fraction of sp³-hybridized carbons (Fsp3) is 1.00. The molecule has 2 heteroatoms. The van der Waals surface area contributed by atoms with Gasteiger partial charge in [0.1, 0.15) is 0 Å². The largest absolute Gasteiger partial charge is 0.363 e. The molecule has 0 aromatic rings. The molecule has 3 aliphatic rings. The van der Waals surface area contributed by atoms with Crippen molar-refractivity contribution >= 4 is 0 Å². The fourth-order valence-corrected chi connectivity index (χ4v) is 4.64. The Hall–Kier alpha value is -0.0800. The van der Waals surface area contributed by atoms with Gasteiger partial charge in [-0.15, -0.1) is 0 Å². The zero-order valence-corrected chi connectivity index (χ0v) is 12.1. The Morgan fingerprint density at radius 2 is 1.94 bits per heavy atom. The van der Waals surface area contributed by atoms with E-state index >= 15 is 0 Å². The summed E-state index contributed by atoms with van der Waals surface area (Å²) in [5.74, 6) is 2.60. The van der Waals surface area contributed by atoms with Crippen LogP contribution in [0.5, 0.6) is 0 Å². The van der Waals surface area contributed by atoms with Gasteiger partial charge < -0.3 is 4.74 Å². The van der Waals surface area contributed by atoms with Crippen LogP contribution in [-0.4, -0.2) is 30.3 Å². The molecule has 2 nitrogen and oxygen atoms in total. The van der Waals surface area contributed by atoms with Gasteiger partial charge in [-0.1, -0.05) is 33.1 Å². The zero-order valence-electron chi connectivity index (χ0n) is 12.1. The van der Waals surface area contributed by atoms with Crippen molar-refractivity contribution in [3.8, 4) is 0 Å². The van der Waals surface area contributed by atoms with Crippen LogP contribution >= 0.6 is 0 Å². The van der Waals surface area contributed by atoms with Gasteiger partial charge in [0.25, 0.3) is 0 Å². The molecule has 1 saturated carbocycles. The first-order chi connectivity index (χ1) is 8.79. The molecule has 0 radical (unpaired) electrons. The van der Waals surface area contributed by atoms with Crippen LogP contribution in [0.2, 0.25) is 0 Å². The van der Waals surface area contributed by atoms with Gasteiger partial charge in [0.05, 0.1) is 12.8 Å². The van der Waals surface area contributed by atoms with E-state index in [2.05, 4.69) is 18.7 Å². The zero-order chi connectivity index (χ0) is 12.5. The molecular weight excluding hydrogens is 222 g/mol. The van der Waals surface area contributed by atoms with Gasteiger partial charge in [-0.2, -0.15) is 0 Å². The summed E-state index contributed by atoms with van der Waals surface area (Å²) in [6.45, 7) is 7.03. The van der Waals surface area contributed by atoms with Gasteiger partial charge in [0.2, 0.25) is 0 Å². The maximum Gasteiger partial charge on any atom is 0.0996 e. The lowest BCUT2D eigenvalue weighted by atomic mass is 9.73. The van der Waals surface area contributed by atoms with Crippen LogP contribution in [0, 0.1) is 17.8 Å². The topological polar surface area (TPSA) is 12.5 Å². The van der Waals surface area contributed by atoms with E-state index in [0.717, 1.165) is 30.5 Å². The van der Waals surface area contributed by atoms with Gasteiger partial charge in [0.15, 0.2) is 0 Å². The average molecular weight is 251 g/mol. The molecule has 0 amide bonds. The second kappa shape index (κ2) is 5.50. The minimum atomic E-state index is 0.569. The third-order valence-corrected chi connectivity index (χ3v) is 5.90. The Morgan fingerprint density at radius 1 is 1.11 bits per heavy atom. The van der Waals surface area contributed by atoms with Crippen LogP contribution in [0.15, 0.2) is 0 Å². The van der Waals surface area contributed by atoms with Gasteiger partial charge in [-0.25, -0.2) is 0 Å². The van der Waals surface area contributed by atoms with Crippen LogP contribution in [0.3, 0.4) is 0 Å². The first-order valence-electron chi connectivity index (χ1n) is 8.15. The number of hydrogen-bond acceptors (Lipinski definition) is 2. The van der Waals surface area contributed by atoms with Crippen molar-refractivity contribution in [2.75, 3.05) is 13.3 Å². The molecule has 2 saturated heterocycles. The SMILES string of the molecule is CC[C@@H]1CC[C@@H]2[C@H](C)[C@H]3CCCC[C@@H]3OCN2C1. The molecule has 0 spiro atoms. The normalized spacial score (nSPS) is 46.0. The van der Waals surface area contributed by atoms with E-state index < -0.39 is 0 Å². The molecule has 3 fully saturated rings. The number of nitrogens with zero attached hydrogens (tertiary/aromatic N) is 1. The van der Waals surface area contributed by atoms with Crippen LogP contribution in [0.25, 0.3) is 0 Å². The third-order valence-electron chi connectivity index (χ3n) is 5.90. The maximum atomic E-state index is 6.27. The molecule has 5 atom stereocenters. The molecule has 0 bridgehead atoms. The Kier molecular flexibility index (Phi) is 3.95. The minimum absolute atomic E-state index is 0.569. The summed E-state index contributed by atoms with van der Waals surface area (Å²) in [5, 5.41) is 0. The first-order valence-corrected chi connectivity index (χ1v) is 8.15. The summed E-state index contributed by atoms with van der Waals surface area (Å²) in [6, 6.07) is 0.806. The van der Waals surface area contributed by atoms with Crippen molar-refractivity contribution in [1.82, 2.24) is 4.90 Å². The van der Waals surface area contributed by atoms with E-state index in [4.69, 9.17) is 4.74 Å². The predicted molar refractivity (Wildman–Crippen MR) is 74.4 cm³/mol. The van der Waals surface area contributed by atoms with Crippen molar-refractivity contribution in [2.24, 2.45) is 17.8 Å². The van der Waals surface area contributed by atoms with E-state index in [-0.39, 0.29) is 0 Å². The van der Waals surface area contributed by atoms with Crippen molar-refractivity contribution in [3.05, 3.63) is 0 Å². The van der Waals surface area contributed by atoms with Gasteiger partial charge >= 0.3 is 0 Å². The van der Waals surface area contributed by atoms with Crippen molar-refractivity contribution < 1.29 is 4.74 Å². The van der Waals surface area contributed by atoms with E-state index in [1.54, 1.807) is 0 Å². The van der Waals surface area contributed by atoms with E-state index in [1.165, 1.54) is 51.5 Å². The molecule has 2 heterocycles. The molecule has 18 heavy (non-hydrogen) atoms. The summed E-state index contributed by atoms with van der Waals surface area (Å²) in [7, 11) is 0. The van der Waals surface area contributed by atoms with E-state index in [1.807, 2.05) is 0 Å². The van der Waals surface area contributed by atoms with E-state index in [0.29, 0.717) is 6.10 Å². The van der Waals surface area contributed by atoms with Crippen LogP contribution < -0.4 is 0 Å². The molecule has 2 aliphatic heterocycles. The van der Waals surface area contributed by atoms with Crippen molar-refractivity contribution in [3.63, 3.8) is 0 Å². The number of hydrogen-bond donors (Lipinski definition) is 0. The van der Waals surface area contributed by atoms with Crippen molar-refractivity contribution in [2.45, 2.75) is 70.9 Å². The predicted octanol–water partition coefficient (Wildman–Crippen LogP) is 3.66.